The van der Waals surface area contributed by atoms with Crippen molar-refractivity contribution in [1.82, 2.24) is 15.1 Å². The molecule has 0 bridgehead atoms. The second kappa shape index (κ2) is 9.87. The highest BCUT2D eigenvalue weighted by molar-refractivity contribution is 5.86. The van der Waals surface area contributed by atoms with Gasteiger partial charge in [0.2, 0.25) is 5.91 Å². The van der Waals surface area contributed by atoms with Gasteiger partial charge < -0.3 is 15.1 Å². The van der Waals surface area contributed by atoms with Crippen molar-refractivity contribution in [3.63, 3.8) is 0 Å². The largest absolute Gasteiger partial charge is 0.357 e. The first-order chi connectivity index (χ1) is 11.0. The van der Waals surface area contributed by atoms with Crippen molar-refractivity contribution in [2.75, 3.05) is 33.2 Å². The Bertz CT molecular complexity index is 506. The molecule has 0 atom stereocenters. The molecule has 23 heavy (non-hydrogen) atoms. The average molecular weight is 318 g/mol. The quantitative estimate of drug-likeness (QED) is 0.620. The minimum absolute atomic E-state index is 0.124. The lowest BCUT2D eigenvalue weighted by Crippen LogP contribution is -2.45. The SMILES string of the molecule is CCNC(=NCc1ccc(C)cc1)N(C)CC(=O)N(CC)CC. The lowest BCUT2D eigenvalue weighted by molar-refractivity contribution is -0.131. The van der Waals surface area contributed by atoms with Gasteiger partial charge in [-0.1, -0.05) is 29.8 Å². The number of guanidine groups is 1. The summed E-state index contributed by atoms with van der Waals surface area (Å²) < 4.78 is 0. The van der Waals surface area contributed by atoms with Gasteiger partial charge in [-0.2, -0.15) is 0 Å². The number of hydrogen-bond donors (Lipinski definition) is 1. The summed E-state index contributed by atoms with van der Waals surface area (Å²) in [6.45, 7) is 11.3. The molecule has 0 aliphatic heterocycles. The van der Waals surface area contributed by atoms with Crippen LogP contribution in [0.25, 0.3) is 0 Å². The van der Waals surface area contributed by atoms with E-state index < -0.39 is 0 Å². The van der Waals surface area contributed by atoms with Crippen molar-refractivity contribution in [1.29, 1.82) is 0 Å². The Kier molecular flexibility index (Phi) is 8.16. The zero-order valence-electron chi connectivity index (χ0n) is 15.1. The summed E-state index contributed by atoms with van der Waals surface area (Å²) in [4.78, 5) is 20.6. The van der Waals surface area contributed by atoms with Crippen molar-refractivity contribution in [3.8, 4) is 0 Å². The lowest BCUT2D eigenvalue weighted by Gasteiger charge is -2.25. The van der Waals surface area contributed by atoms with Crippen LogP contribution in [0.1, 0.15) is 31.9 Å². The molecular weight excluding hydrogens is 288 g/mol. The zero-order valence-corrected chi connectivity index (χ0v) is 15.1. The number of amides is 1. The molecule has 0 aliphatic rings. The molecule has 0 spiro atoms. The summed E-state index contributed by atoms with van der Waals surface area (Å²) in [5.74, 6) is 0.882. The third-order valence-electron chi connectivity index (χ3n) is 3.72. The van der Waals surface area contributed by atoms with E-state index in [2.05, 4.69) is 41.5 Å². The third kappa shape index (κ3) is 6.30. The van der Waals surface area contributed by atoms with Gasteiger partial charge in [0.15, 0.2) is 5.96 Å². The molecule has 1 N–H and O–H groups in total. The van der Waals surface area contributed by atoms with E-state index in [1.54, 1.807) is 0 Å². The molecule has 0 fully saturated rings. The van der Waals surface area contributed by atoms with Gasteiger partial charge in [-0.3, -0.25) is 4.79 Å². The molecule has 0 heterocycles. The van der Waals surface area contributed by atoms with Crippen LogP contribution in [0.15, 0.2) is 29.3 Å². The van der Waals surface area contributed by atoms with Crippen LogP contribution in [0.3, 0.4) is 0 Å². The zero-order chi connectivity index (χ0) is 17.2. The van der Waals surface area contributed by atoms with Gasteiger partial charge >= 0.3 is 0 Å². The van der Waals surface area contributed by atoms with Crippen LogP contribution >= 0.6 is 0 Å². The molecule has 1 rings (SSSR count). The lowest BCUT2D eigenvalue weighted by atomic mass is 10.1. The number of carbonyl (C=O) groups is 1. The van der Waals surface area contributed by atoms with E-state index >= 15 is 0 Å². The van der Waals surface area contributed by atoms with Crippen molar-refractivity contribution >= 4 is 11.9 Å². The number of rotatable bonds is 7. The van der Waals surface area contributed by atoms with E-state index in [1.165, 1.54) is 5.56 Å². The van der Waals surface area contributed by atoms with Gasteiger partial charge in [-0.05, 0) is 33.3 Å². The minimum Gasteiger partial charge on any atom is -0.357 e. The van der Waals surface area contributed by atoms with Crippen LogP contribution in [0.2, 0.25) is 0 Å². The molecule has 0 saturated heterocycles. The van der Waals surface area contributed by atoms with Crippen molar-refractivity contribution in [2.24, 2.45) is 4.99 Å². The molecule has 5 nitrogen and oxygen atoms in total. The molecule has 1 aromatic carbocycles. The second-order valence-corrected chi connectivity index (χ2v) is 5.58. The maximum Gasteiger partial charge on any atom is 0.242 e. The van der Waals surface area contributed by atoms with E-state index in [-0.39, 0.29) is 5.91 Å². The molecule has 1 amide bonds. The number of hydrogen-bond acceptors (Lipinski definition) is 2. The Morgan fingerprint density at radius 3 is 2.26 bits per heavy atom. The van der Waals surface area contributed by atoms with Crippen molar-refractivity contribution in [3.05, 3.63) is 35.4 Å². The molecule has 0 unspecified atom stereocenters. The highest BCUT2D eigenvalue weighted by atomic mass is 16.2. The van der Waals surface area contributed by atoms with E-state index in [1.807, 2.05) is 37.6 Å². The fourth-order valence-electron chi connectivity index (χ4n) is 2.28. The highest BCUT2D eigenvalue weighted by Crippen LogP contribution is 2.05. The van der Waals surface area contributed by atoms with Crippen LogP contribution in [-0.2, 0) is 11.3 Å². The first-order valence-electron chi connectivity index (χ1n) is 8.34. The van der Waals surface area contributed by atoms with Gasteiger partial charge in [0, 0.05) is 26.7 Å². The maximum atomic E-state index is 12.2. The predicted octanol–water partition coefficient (Wildman–Crippen LogP) is 2.26. The highest BCUT2D eigenvalue weighted by Gasteiger charge is 2.14. The van der Waals surface area contributed by atoms with Gasteiger partial charge in [0.25, 0.3) is 0 Å². The Morgan fingerprint density at radius 1 is 1.13 bits per heavy atom. The number of nitrogens with one attached hydrogen (secondary N) is 1. The first-order valence-corrected chi connectivity index (χ1v) is 8.34. The molecule has 0 radical (unpaired) electrons. The van der Waals surface area contributed by atoms with Gasteiger partial charge in [-0.15, -0.1) is 0 Å². The van der Waals surface area contributed by atoms with Crippen molar-refractivity contribution in [2.45, 2.75) is 34.2 Å². The number of aliphatic imine (C=N–C) groups is 1. The minimum atomic E-state index is 0.124. The molecule has 0 aromatic heterocycles. The standard InChI is InChI=1S/C18H30N4O/c1-6-19-18(20-13-16-11-9-15(4)10-12-16)21(5)14-17(23)22(7-2)8-3/h9-12H,6-8,13-14H2,1-5H3,(H,19,20). The van der Waals surface area contributed by atoms with Crippen LogP contribution in [0.5, 0.6) is 0 Å². The van der Waals surface area contributed by atoms with Crippen molar-refractivity contribution < 1.29 is 4.79 Å². The molecule has 0 saturated carbocycles. The van der Waals surface area contributed by atoms with E-state index in [0.717, 1.165) is 31.2 Å². The van der Waals surface area contributed by atoms with E-state index in [0.29, 0.717) is 13.1 Å². The van der Waals surface area contributed by atoms with Gasteiger partial charge in [0.05, 0.1) is 13.1 Å². The van der Waals surface area contributed by atoms with Crippen LogP contribution in [0, 0.1) is 6.92 Å². The van der Waals surface area contributed by atoms with Crippen LogP contribution in [-0.4, -0.2) is 54.9 Å². The van der Waals surface area contributed by atoms with Crippen LogP contribution < -0.4 is 5.32 Å². The maximum absolute atomic E-state index is 12.2. The molecular formula is C18H30N4O. The normalized spacial score (nSPS) is 11.3. The number of carbonyl (C=O) groups excluding carboxylic acids is 1. The molecule has 128 valence electrons. The number of benzene rings is 1. The third-order valence-corrected chi connectivity index (χ3v) is 3.72. The van der Waals surface area contributed by atoms with Crippen LogP contribution in [0.4, 0.5) is 0 Å². The Morgan fingerprint density at radius 2 is 1.74 bits per heavy atom. The van der Waals surface area contributed by atoms with Gasteiger partial charge in [0.1, 0.15) is 0 Å². The monoisotopic (exact) mass is 318 g/mol. The molecule has 5 heteroatoms. The summed E-state index contributed by atoms with van der Waals surface area (Å²) in [6.07, 6.45) is 0. The topological polar surface area (TPSA) is 47.9 Å². The fraction of sp³-hybridized carbons (Fsp3) is 0.556. The Hall–Kier alpha value is -2.04. The number of likely N-dealkylation sites (N-methyl/N-ethyl adjacent to an activating group) is 2. The number of nitrogens with zero attached hydrogens (tertiary/aromatic N) is 3. The average Bonchev–Trinajstić information content (AvgIpc) is 2.54. The molecule has 1 aromatic rings. The smallest absolute Gasteiger partial charge is 0.242 e. The Labute approximate surface area is 140 Å². The van der Waals surface area contributed by atoms with Gasteiger partial charge in [-0.25, -0.2) is 4.99 Å². The summed E-state index contributed by atoms with van der Waals surface area (Å²) in [5, 5.41) is 3.25. The fourth-order valence-corrected chi connectivity index (χ4v) is 2.28. The van der Waals surface area contributed by atoms with E-state index in [9.17, 15) is 4.79 Å². The first kappa shape index (κ1) is 19.0. The molecule has 0 aliphatic carbocycles. The summed E-state index contributed by atoms with van der Waals surface area (Å²) in [5.41, 5.74) is 2.40. The summed E-state index contributed by atoms with van der Waals surface area (Å²) >= 11 is 0. The summed E-state index contributed by atoms with van der Waals surface area (Å²) in [6, 6.07) is 8.35. The van der Waals surface area contributed by atoms with E-state index in [4.69, 9.17) is 0 Å². The summed E-state index contributed by atoms with van der Waals surface area (Å²) in [7, 11) is 1.90. The Balaban J connectivity index is 2.73. The number of aryl methyl sites for hydroxylation is 1. The predicted molar refractivity (Wildman–Crippen MR) is 96.6 cm³/mol. The second-order valence-electron chi connectivity index (χ2n) is 5.58.